The zero-order chi connectivity index (χ0) is 40.5. The molecule has 2 aromatic rings. The van der Waals surface area contributed by atoms with Gasteiger partial charge in [0.15, 0.2) is 0 Å². The first kappa shape index (κ1) is 39.4. The Balaban J connectivity index is 1.15. The number of benzene rings is 1. The van der Waals surface area contributed by atoms with Crippen LogP contribution in [0.25, 0.3) is 10.9 Å². The van der Waals surface area contributed by atoms with Crippen LogP contribution in [-0.4, -0.2) is 89.3 Å². The van der Waals surface area contributed by atoms with Crippen LogP contribution in [0.4, 0.5) is 4.79 Å². The molecule has 15 heteroatoms. The van der Waals surface area contributed by atoms with Gasteiger partial charge in [-0.2, -0.15) is 0 Å². The Morgan fingerprint density at radius 2 is 1.82 bits per heavy atom. The number of hydrogen-bond donors (Lipinski definition) is 3. The van der Waals surface area contributed by atoms with E-state index in [1.165, 1.54) is 4.90 Å². The number of aromatic nitrogens is 1. The first-order chi connectivity index (χ1) is 27.0. The van der Waals surface area contributed by atoms with Gasteiger partial charge in [-0.15, -0.1) is 0 Å². The highest BCUT2D eigenvalue weighted by molar-refractivity contribution is 7.91. The minimum Gasteiger partial charge on any atom is -0.497 e. The number of fused-ring (bicyclic) bond motifs is 5. The molecule has 6 aliphatic rings. The number of allylic oxidation sites excluding steroid dienone is 1. The van der Waals surface area contributed by atoms with Gasteiger partial charge in [0, 0.05) is 23.3 Å². The van der Waals surface area contributed by atoms with Crippen molar-refractivity contribution < 1.29 is 41.8 Å². The van der Waals surface area contributed by atoms with Crippen LogP contribution in [0, 0.1) is 5.92 Å². The number of hydrogen-bond acceptors (Lipinski definition) is 10. The molecule has 4 amide bonds. The van der Waals surface area contributed by atoms with Gasteiger partial charge in [0.1, 0.15) is 40.3 Å². The molecule has 14 nitrogen and oxygen atoms in total. The highest BCUT2D eigenvalue weighted by atomic mass is 32.2. The number of nitrogens with one attached hydrogen (secondary N) is 3. The average molecular weight is 806 g/mol. The van der Waals surface area contributed by atoms with E-state index in [0.29, 0.717) is 56.4 Å². The zero-order valence-corrected chi connectivity index (χ0v) is 34.4. The van der Waals surface area contributed by atoms with Crippen molar-refractivity contribution >= 4 is 44.7 Å². The van der Waals surface area contributed by atoms with E-state index >= 15 is 0 Å². The van der Waals surface area contributed by atoms with Gasteiger partial charge >= 0.3 is 6.09 Å². The highest BCUT2D eigenvalue weighted by Gasteiger charge is 2.64. The minimum atomic E-state index is -3.99. The molecular formula is C42H55N5O9S. The fraction of sp³-hybridized carbons (Fsp3) is 0.643. The molecule has 4 heterocycles. The van der Waals surface area contributed by atoms with E-state index in [1.54, 1.807) is 14.0 Å². The van der Waals surface area contributed by atoms with E-state index in [-0.39, 0.29) is 25.3 Å². The van der Waals surface area contributed by atoms with Crippen LogP contribution in [0.1, 0.15) is 122 Å². The molecule has 1 aromatic carbocycles. The number of amides is 4. The van der Waals surface area contributed by atoms with Gasteiger partial charge in [-0.3, -0.25) is 19.1 Å². The van der Waals surface area contributed by atoms with Crippen LogP contribution in [0.15, 0.2) is 30.4 Å². The molecule has 4 fully saturated rings. The smallest absolute Gasteiger partial charge is 0.408 e. The number of rotatable bonds is 7. The summed E-state index contributed by atoms with van der Waals surface area (Å²) in [5.74, 6) is -0.902. The van der Waals surface area contributed by atoms with Gasteiger partial charge in [-0.1, -0.05) is 38.8 Å². The second-order valence-corrected chi connectivity index (χ2v) is 20.3. The number of carbonyl (C=O) groups is 4. The van der Waals surface area contributed by atoms with Crippen LogP contribution < -0.4 is 24.8 Å². The standard InChI is InChI=1S/C42H55N5O9S/c1-25(2)33-34-28(29-21-27(54-5)13-14-30(29)43-33)15-16-41(55-34)23-32-35(48)45-42(37(50)46-57(52,53)40(4)19-20-40)22-26(42)11-9-7-6-8-10-12-31(36(49)47(32)24-41)44-38(51)56-39(3)17-18-39/h9,11,13-14,21,25-26,31-32H,6-8,10,12,15-20,22-24H2,1-5H3,(H,44,51)(H,45,48)(H,46,50). The van der Waals surface area contributed by atoms with E-state index in [1.807, 2.05) is 51.1 Å². The van der Waals surface area contributed by atoms with Crippen LogP contribution in [-0.2, 0) is 35.6 Å². The molecule has 8 rings (SSSR count). The summed E-state index contributed by atoms with van der Waals surface area (Å²) in [5, 5.41) is 6.73. The number of pyridine rings is 1. The van der Waals surface area contributed by atoms with Crippen molar-refractivity contribution in [3.05, 3.63) is 41.6 Å². The molecule has 308 valence electrons. The van der Waals surface area contributed by atoms with E-state index in [9.17, 15) is 27.6 Å². The van der Waals surface area contributed by atoms with Crippen LogP contribution >= 0.6 is 0 Å². The van der Waals surface area contributed by atoms with Crippen molar-refractivity contribution in [2.24, 2.45) is 5.92 Å². The third-order valence-electron chi connectivity index (χ3n) is 13.2. The Kier molecular flexibility index (Phi) is 9.79. The summed E-state index contributed by atoms with van der Waals surface area (Å²) in [4.78, 5) is 63.3. The minimum absolute atomic E-state index is 0.00230. The normalized spacial score (nSPS) is 30.1. The Morgan fingerprint density at radius 3 is 2.53 bits per heavy atom. The monoisotopic (exact) mass is 805 g/mol. The van der Waals surface area contributed by atoms with Crippen molar-refractivity contribution in [1.82, 2.24) is 25.2 Å². The van der Waals surface area contributed by atoms with Gasteiger partial charge in [0.2, 0.25) is 21.8 Å². The molecule has 3 aliphatic carbocycles. The summed E-state index contributed by atoms with van der Waals surface area (Å²) in [6.07, 6.45) is 10.2. The summed E-state index contributed by atoms with van der Waals surface area (Å²) in [5.41, 5.74) is -0.488. The Labute approximate surface area is 334 Å². The molecule has 0 bridgehead atoms. The summed E-state index contributed by atoms with van der Waals surface area (Å²) in [7, 11) is -2.38. The van der Waals surface area contributed by atoms with Gasteiger partial charge in [-0.25, -0.2) is 18.2 Å². The summed E-state index contributed by atoms with van der Waals surface area (Å²) >= 11 is 0. The number of methoxy groups -OCH3 is 1. The average Bonchev–Trinajstić information content (AvgIpc) is 4.13. The maximum Gasteiger partial charge on any atom is 0.408 e. The lowest BCUT2D eigenvalue weighted by molar-refractivity contribution is -0.141. The van der Waals surface area contributed by atoms with E-state index < -0.39 is 73.3 Å². The van der Waals surface area contributed by atoms with E-state index in [0.717, 1.165) is 47.8 Å². The Hall–Kier alpha value is -4.40. The lowest BCUT2D eigenvalue weighted by Gasteiger charge is -2.37. The molecule has 3 N–H and O–H groups in total. The third-order valence-corrected chi connectivity index (χ3v) is 15.3. The maximum absolute atomic E-state index is 14.9. The van der Waals surface area contributed by atoms with Crippen molar-refractivity contribution in [2.75, 3.05) is 13.7 Å². The molecule has 0 radical (unpaired) electrons. The van der Waals surface area contributed by atoms with Crippen LogP contribution in [0.3, 0.4) is 0 Å². The SMILES string of the molecule is COc1ccc2nc(C(C)C)c3c(c2c1)CCC1(CC2C(=O)NC4(C(=O)NS(=O)(=O)C5(C)CC5)CC4C=CCCCCCC(NC(=O)OC4(C)CC4)C(=O)N2C1)O3. The van der Waals surface area contributed by atoms with Crippen LogP contribution in [0.5, 0.6) is 11.5 Å². The number of carbonyl (C=O) groups excluding carboxylic acids is 4. The predicted octanol–water partition coefficient (Wildman–Crippen LogP) is 5.07. The molecule has 1 saturated heterocycles. The van der Waals surface area contributed by atoms with E-state index in [2.05, 4.69) is 15.4 Å². The molecule has 5 unspecified atom stereocenters. The third kappa shape index (κ3) is 7.44. The number of aryl methyl sites for hydroxylation is 1. The van der Waals surface area contributed by atoms with Crippen molar-refractivity contribution in [3.63, 3.8) is 0 Å². The molecule has 5 atom stereocenters. The molecule has 57 heavy (non-hydrogen) atoms. The molecule has 3 saturated carbocycles. The highest BCUT2D eigenvalue weighted by Crippen LogP contribution is 2.50. The van der Waals surface area contributed by atoms with Crippen LogP contribution in [0.2, 0.25) is 0 Å². The molecule has 3 aliphatic heterocycles. The Bertz CT molecular complexity index is 2150. The van der Waals surface area contributed by atoms with Crippen molar-refractivity contribution in [2.45, 2.75) is 151 Å². The number of ether oxygens (including phenoxy) is 3. The van der Waals surface area contributed by atoms with Gasteiger partial charge in [-0.05, 0) is 102 Å². The largest absolute Gasteiger partial charge is 0.497 e. The number of sulfonamides is 1. The fourth-order valence-electron chi connectivity index (χ4n) is 8.73. The molecular weight excluding hydrogens is 751 g/mol. The summed E-state index contributed by atoms with van der Waals surface area (Å²) < 4.78 is 46.1. The molecule has 1 spiro atoms. The van der Waals surface area contributed by atoms with Crippen molar-refractivity contribution in [1.29, 1.82) is 0 Å². The predicted molar refractivity (Wildman–Crippen MR) is 211 cm³/mol. The van der Waals surface area contributed by atoms with E-state index in [4.69, 9.17) is 19.2 Å². The van der Waals surface area contributed by atoms with Gasteiger partial charge in [0.25, 0.3) is 5.91 Å². The zero-order valence-electron chi connectivity index (χ0n) is 33.6. The summed E-state index contributed by atoms with van der Waals surface area (Å²) in [6, 6.07) is 3.71. The lowest BCUT2D eigenvalue weighted by atomic mass is 9.86. The number of nitrogens with zero attached hydrogens (tertiary/aromatic N) is 2. The van der Waals surface area contributed by atoms with Gasteiger partial charge < -0.3 is 29.7 Å². The maximum atomic E-state index is 14.9. The lowest BCUT2D eigenvalue weighted by Crippen LogP contribution is -2.58. The summed E-state index contributed by atoms with van der Waals surface area (Å²) in [6.45, 7) is 7.61. The fourth-order valence-corrected chi connectivity index (χ4v) is 10.0. The Morgan fingerprint density at radius 1 is 1.05 bits per heavy atom. The first-order valence-corrected chi connectivity index (χ1v) is 22.0. The number of alkyl carbamates (subject to hydrolysis) is 1. The molecule has 1 aromatic heterocycles. The second-order valence-electron chi connectivity index (χ2n) is 18.1. The first-order valence-electron chi connectivity index (χ1n) is 20.5. The quantitative estimate of drug-likeness (QED) is 0.320. The topological polar surface area (TPSA) is 182 Å². The van der Waals surface area contributed by atoms with Gasteiger partial charge in [0.05, 0.1) is 29.6 Å². The second kappa shape index (κ2) is 14.2. The van der Waals surface area contributed by atoms with Crippen molar-refractivity contribution in [3.8, 4) is 11.5 Å².